The smallest absolute Gasteiger partial charge is 0.251 e. The van der Waals surface area contributed by atoms with Gasteiger partial charge in [0.05, 0.1) is 20.3 Å². The van der Waals surface area contributed by atoms with Gasteiger partial charge in [0.15, 0.2) is 11.5 Å². The predicted molar refractivity (Wildman–Crippen MR) is 114 cm³/mol. The lowest BCUT2D eigenvalue weighted by atomic mass is 10.0. The number of ether oxygens (including phenoxy) is 2. The molecule has 1 heterocycles. The summed E-state index contributed by atoms with van der Waals surface area (Å²) in [7, 11) is 1.60. The second kappa shape index (κ2) is 11.9. The molecule has 0 fully saturated rings. The highest BCUT2D eigenvalue weighted by atomic mass is 127. The Morgan fingerprint density at radius 1 is 1.26 bits per heavy atom. The minimum atomic E-state index is -0.147. The van der Waals surface area contributed by atoms with Crippen LogP contribution in [0.5, 0.6) is 11.5 Å². The van der Waals surface area contributed by atoms with E-state index in [0.717, 1.165) is 31.4 Å². The molecular weight excluding hydrogens is 459 g/mol. The molecule has 0 aliphatic rings. The van der Waals surface area contributed by atoms with Gasteiger partial charge in [0, 0.05) is 36.0 Å². The Morgan fingerprint density at radius 3 is 2.78 bits per heavy atom. The molecule has 0 spiro atoms. The molecule has 2 N–H and O–H groups in total. The first-order chi connectivity index (χ1) is 13.2. The van der Waals surface area contributed by atoms with Gasteiger partial charge in [-0.15, -0.1) is 0 Å². The van der Waals surface area contributed by atoms with Gasteiger partial charge >= 0.3 is 0 Å². The van der Waals surface area contributed by atoms with Crippen molar-refractivity contribution < 1.29 is 17.3 Å². The molecule has 27 heavy (non-hydrogen) atoms. The van der Waals surface area contributed by atoms with E-state index in [1.54, 1.807) is 19.2 Å². The van der Waals surface area contributed by atoms with E-state index >= 15 is 0 Å². The number of benzene rings is 1. The Bertz CT molecular complexity index is 704. The molecule has 1 aromatic carbocycles. The fourth-order valence-electron chi connectivity index (χ4n) is 2.79. The zero-order valence-corrected chi connectivity index (χ0v) is 18.0. The average molecular weight is 486 g/mol. The van der Waals surface area contributed by atoms with E-state index in [2.05, 4.69) is 17.2 Å². The number of methoxy groups -OCH3 is 1. The number of unbranched alkanes of at least 4 members (excludes halogenated alkanes) is 2. The Labute approximate surface area is 174 Å². The number of aromatic amines is 1. The number of halogens is 1. The van der Waals surface area contributed by atoms with E-state index in [1.807, 2.05) is 41.3 Å². The summed E-state index contributed by atoms with van der Waals surface area (Å²) in [6, 6.07) is 7.47. The van der Waals surface area contributed by atoms with E-state index < -0.39 is 0 Å². The van der Waals surface area contributed by atoms with Crippen LogP contribution in [0.4, 0.5) is 0 Å². The summed E-state index contributed by atoms with van der Waals surface area (Å²) < 4.78 is 16.7. The molecule has 0 aliphatic heterocycles. The summed E-state index contributed by atoms with van der Waals surface area (Å²) in [5.41, 5.74) is 2.34. The highest BCUT2D eigenvalue weighted by Crippen LogP contribution is 2.35. The van der Waals surface area contributed by atoms with Gasteiger partial charge in [0.2, 0.25) is 0 Å². The number of aromatic nitrogens is 1. The first-order valence-corrected chi connectivity index (χ1v) is 10.1. The lowest BCUT2D eigenvalue weighted by molar-refractivity contribution is 0.0951. The second-order valence-electron chi connectivity index (χ2n) is 6.13. The van der Waals surface area contributed by atoms with Gasteiger partial charge in [-0.3, -0.25) is 4.79 Å². The molecule has 2 aromatic rings. The highest BCUT2D eigenvalue weighted by Gasteiger charge is 2.20. The Hall–Kier alpha value is -1.74. The van der Waals surface area contributed by atoms with Crippen LogP contribution in [0.15, 0.2) is 30.5 Å². The van der Waals surface area contributed by atoms with Gasteiger partial charge in [-0.25, -0.2) is 0 Å². The van der Waals surface area contributed by atoms with E-state index in [0.29, 0.717) is 35.8 Å². The Kier molecular flexibility index (Phi) is 9.47. The van der Waals surface area contributed by atoms with Crippen molar-refractivity contribution in [2.45, 2.75) is 39.2 Å². The lowest BCUT2D eigenvalue weighted by Gasteiger charge is -2.18. The maximum Gasteiger partial charge on any atom is 0.251 e. The van der Waals surface area contributed by atoms with Crippen LogP contribution in [0.3, 0.4) is 0 Å². The van der Waals surface area contributed by atoms with Gasteiger partial charge in [-0.2, -0.15) is 0 Å². The molecule has 0 unspecified atom stereocenters. The van der Waals surface area contributed by atoms with Gasteiger partial charge in [0.1, 0.15) is 23.0 Å². The molecule has 0 radical (unpaired) electrons. The van der Waals surface area contributed by atoms with Crippen molar-refractivity contribution >= 4 is 28.9 Å². The third-order valence-corrected chi connectivity index (χ3v) is 4.54. The number of H-pyrrole nitrogens is 1. The first-order valence-electron chi connectivity index (χ1n) is 9.17. The van der Waals surface area contributed by atoms with Crippen molar-refractivity contribution in [1.29, 1.82) is 0 Å². The largest absolute Gasteiger partial charge is 0.493 e. The van der Waals surface area contributed by atoms with E-state index in [1.165, 1.54) is 0 Å². The summed E-state index contributed by atoms with van der Waals surface area (Å²) >= 11 is 1.83. The Morgan fingerprint density at radius 2 is 2.11 bits per heavy atom. The van der Waals surface area contributed by atoms with Crippen molar-refractivity contribution in [3.8, 4) is 11.5 Å². The van der Waals surface area contributed by atoms with Crippen LogP contribution in [-0.2, 0) is 16.1 Å². The summed E-state index contributed by atoms with van der Waals surface area (Å²) in [6.45, 7) is 3.54. The molecule has 0 saturated heterocycles. The standard InChI is InChI=1S/C20H27IN2O4/c1-3-4-5-13-26-19-17(14-27-21)16(8-9-18(19)25-2)20(24)23-12-10-15-7-6-11-22-15/h6-9,11,22H,3-5,10,12-14H2,1-2H3,(H,23,24). The van der Waals surface area contributed by atoms with Crippen LogP contribution < -0.4 is 14.8 Å². The lowest BCUT2D eigenvalue weighted by Crippen LogP contribution is -2.27. The maximum atomic E-state index is 12.7. The first kappa shape index (κ1) is 21.6. The third kappa shape index (κ3) is 6.42. The topological polar surface area (TPSA) is 72.6 Å². The second-order valence-corrected chi connectivity index (χ2v) is 6.76. The molecule has 7 heteroatoms. The molecule has 0 atom stereocenters. The van der Waals surface area contributed by atoms with Crippen LogP contribution in [0, 0.1) is 0 Å². The van der Waals surface area contributed by atoms with E-state index in [9.17, 15) is 4.79 Å². The fourth-order valence-corrected chi connectivity index (χ4v) is 3.10. The molecule has 0 bridgehead atoms. The molecular formula is C20H27IN2O4. The highest BCUT2D eigenvalue weighted by molar-refractivity contribution is 14.1. The molecule has 0 saturated carbocycles. The maximum absolute atomic E-state index is 12.7. The SMILES string of the molecule is CCCCCOc1c(OC)ccc(C(=O)NCCc2ccc[nH]2)c1COI. The molecule has 6 nitrogen and oxygen atoms in total. The normalized spacial score (nSPS) is 10.6. The van der Waals surface area contributed by atoms with Gasteiger partial charge < -0.3 is 22.8 Å². The number of rotatable bonds is 12. The molecule has 2 rings (SSSR count). The monoisotopic (exact) mass is 486 g/mol. The minimum absolute atomic E-state index is 0.147. The van der Waals surface area contributed by atoms with Crippen LogP contribution in [0.25, 0.3) is 0 Å². The molecule has 148 valence electrons. The number of hydrogen-bond donors (Lipinski definition) is 2. The third-order valence-electron chi connectivity index (χ3n) is 4.22. The zero-order valence-electron chi connectivity index (χ0n) is 15.8. The van der Waals surface area contributed by atoms with Crippen LogP contribution in [-0.4, -0.2) is 31.2 Å². The number of carbonyl (C=O) groups is 1. The van der Waals surface area contributed by atoms with Crippen LogP contribution >= 0.6 is 23.0 Å². The van der Waals surface area contributed by atoms with Gasteiger partial charge in [-0.1, -0.05) is 19.8 Å². The summed E-state index contributed by atoms with van der Waals surface area (Å²) in [4.78, 5) is 15.9. The van der Waals surface area contributed by atoms with Gasteiger partial charge in [0.25, 0.3) is 5.91 Å². The number of nitrogens with one attached hydrogen (secondary N) is 2. The summed E-state index contributed by atoms with van der Waals surface area (Å²) in [5, 5.41) is 2.96. The van der Waals surface area contributed by atoms with Crippen molar-refractivity contribution in [2.75, 3.05) is 20.3 Å². The van der Waals surface area contributed by atoms with Crippen molar-refractivity contribution in [3.05, 3.63) is 47.3 Å². The number of amides is 1. The quantitative estimate of drug-likeness (QED) is 0.344. The summed E-state index contributed by atoms with van der Waals surface area (Å²) in [5.74, 6) is 1.05. The average Bonchev–Trinajstić information content (AvgIpc) is 3.19. The van der Waals surface area contributed by atoms with Crippen LogP contribution in [0.1, 0.15) is 47.8 Å². The van der Waals surface area contributed by atoms with Crippen molar-refractivity contribution in [2.24, 2.45) is 0 Å². The molecule has 1 amide bonds. The number of hydrogen-bond acceptors (Lipinski definition) is 4. The van der Waals surface area contributed by atoms with Gasteiger partial charge in [-0.05, 0) is 30.7 Å². The number of carbonyl (C=O) groups excluding carboxylic acids is 1. The van der Waals surface area contributed by atoms with Crippen LogP contribution in [0.2, 0.25) is 0 Å². The van der Waals surface area contributed by atoms with E-state index in [4.69, 9.17) is 12.5 Å². The zero-order chi connectivity index (χ0) is 19.5. The minimum Gasteiger partial charge on any atom is -0.493 e. The van der Waals surface area contributed by atoms with Crippen molar-refractivity contribution in [1.82, 2.24) is 10.3 Å². The van der Waals surface area contributed by atoms with Crippen molar-refractivity contribution in [3.63, 3.8) is 0 Å². The summed E-state index contributed by atoms with van der Waals surface area (Å²) in [6.07, 6.45) is 5.79. The van der Waals surface area contributed by atoms with E-state index in [-0.39, 0.29) is 12.5 Å². The predicted octanol–water partition coefficient (Wildman–Crippen LogP) is 4.43. The molecule has 1 aromatic heterocycles. The Balaban J connectivity index is 2.13. The fraction of sp³-hybridized carbons (Fsp3) is 0.450. The molecule has 0 aliphatic carbocycles.